The van der Waals surface area contributed by atoms with Crippen LogP contribution in [-0.2, 0) is 10.0 Å². The van der Waals surface area contributed by atoms with Crippen molar-refractivity contribution < 1.29 is 13.3 Å². The van der Waals surface area contributed by atoms with E-state index in [0.717, 1.165) is 38.8 Å². The molecule has 0 amide bonds. The summed E-state index contributed by atoms with van der Waals surface area (Å²) in [6.07, 6.45) is 7.33. The second kappa shape index (κ2) is 6.49. The van der Waals surface area contributed by atoms with Crippen molar-refractivity contribution in [2.45, 2.75) is 49.8 Å². The molecule has 0 N–H and O–H groups in total. The Balaban J connectivity index is 1.66. The molecule has 142 valence electrons. The summed E-state index contributed by atoms with van der Waals surface area (Å²) in [5.41, 5.74) is 0.796. The summed E-state index contributed by atoms with van der Waals surface area (Å²) in [4.78, 5) is 13.3. The molecule has 8 heteroatoms. The van der Waals surface area contributed by atoms with E-state index in [0.29, 0.717) is 24.2 Å². The van der Waals surface area contributed by atoms with Crippen molar-refractivity contribution >= 4 is 21.4 Å². The molecule has 0 radical (unpaired) electrons. The summed E-state index contributed by atoms with van der Waals surface area (Å²) in [7, 11) is -3.67. The maximum absolute atomic E-state index is 12.9. The molecule has 4 rings (SSSR count). The van der Waals surface area contributed by atoms with E-state index in [2.05, 4.69) is 4.90 Å². The predicted octanol–water partition coefficient (Wildman–Crippen LogP) is 3.15. The Hall–Kier alpha value is -1.67. The second-order valence-electron chi connectivity index (χ2n) is 7.90. The van der Waals surface area contributed by atoms with Gasteiger partial charge in [-0.15, -0.1) is 0 Å². The number of hydrogen-bond donors (Lipinski definition) is 0. The maximum Gasteiger partial charge on any atom is 0.293 e. The first kappa shape index (κ1) is 17.7. The highest BCUT2D eigenvalue weighted by Gasteiger charge is 2.46. The van der Waals surface area contributed by atoms with Crippen molar-refractivity contribution in [1.29, 1.82) is 0 Å². The van der Waals surface area contributed by atoms with Gasteiger partial charge in [-0.25, -0.2) is 8.42 Å². The largest absolute Gasteiger partial charge is 0.365 e. The Kier molecular flexibility index (Phi) is 4.43. The molecule has 3 fully saturated rings. The van der Waals surface area contributed by atoms with Gasteiger partial charge in [0.15, 0.2) is 0 Å². The van der Waals surface area contributed by atoms with Gasteiger partial charge < -0.3 is 4.90 Å². The number of hydrogen-bond acceptors (Lipinski definition) is 5. The lowest BCUT2D eigenvalue weighted by atomic mass is 9.94. The van der Waals surface area contributed by atoms with Crippen LogP contribution in [-0.4, -0.2) is 43.8 Å². The van der Waals surface area contributed by atoms with Gasteiger partial charge >= 0.3 is 0 Å². The lowest BCUT2D eigenvalue weighted by molar-refractivity contribution is -0.384. The van der Waals surface area contributed by atoms with Crippen LogP contribution in [0.2, 0.25) is 0 Å². The van der Waals surface area contributed by atoms with E-state index < -0.39 is 14.9 Å². The van der Waals surface area contributed by atoms with Crippen molar-refractivity contribution in [3.63, 3.8) is 0 Å². The summed E-state index contributed by atoms with van der Waals surface area (Å²) in [5, 5.41) is 11.7. The van der Waals surface area contributed by atoms with Gasteiger partial charge in [-0.2, -0.15) is 4.31 Å². The smallest absolute Gasteiger partial charge is 0.293 e. The van der Waals surface area contributed by atoms with Gasteiger partial charge in [0.05, 0.1) is 9.82 Å². The molecule has 7 nitrogen and oxygen atoms in total. The van der Waals surface area contributed by atoms with E-state index in [4.69, 9.17) is 0 Å². The van der Waals surface area contributed by atoms with Crippen molar-refractivity contribution in [2.24, 2.45) is 5.41 Å². The number of nitrogens with zero attached hydrogens (tertiary/aromatic N) is 3. The topological polar surface area (TPSA) is 83.8 Å². The minimum Gasteiger partial charge on any atom is -0.365 e. The van der Waals surface area contributed by atoms with E-state index in [-0.39, 0.29) is 10.6 Å². The molecular formula is C18H25N3O4S. The molecule has 0 bridgehead atoms. The normalized spacial score (nSPS) is 23.2. The van der Waals surface area contributed by atoms with Crippen LogP contribution >= 0.6 is 0 Å². The fraction of sp³-hybridized carbons (Fsp3) is 0.667. The summed E-state index contributed by atoms with van der Waals surface area (Å²) in [6.45, 7) is 2.62. The summed E-state index contributed by atoms with van der Waals surface area (Å²) < 4.78 is 27.2. The number of anilines is 1. The zero-order valence-electron chi connectivity index (χ0n) is 14.9. The quantitative estimate of drug-likeness (QED) is 0.593. The molecule has 0 aromatic heterocycles. The van der Waals surface area contributed by atoms with Gasteiger partial charge in [-0.05, 0) is 56.1 Å². The van der Waals surface area contributed by atoms with E-state index in [9.17, 15) is 18.5 Å². The average Bonchev–Trinajstić information content (AvgIpc) is 3.40. The SMILES string of the molecule is O=[N+]([O-])c1cc(S(=O)(=O)N2CCCCC2)ccc1N1CCCC2(CC2)C1. The molecule has 1 aromatic rings. The zero-order chi connectivity index (χ0) is 18.4. The van der Waals surface area contributed by atoms with Crippen LogP contribution in [0.5, 0.6) is 0 Å². The van der Waals surface area contributed by atoms with Crippen LogP contribution in [0.1, 0.15) is 44.9 Å². The molecule has 2 saturated heterocycles. The molecule has 2 aliphatic heterocycles. The molecule has 1 aliphatic carbocycles. The minimum atomic E-state index is -3.67. The molecule has 2 heterocycles. The number of rotatable bonds is 4. The summed E-state index contributed by atoms with van der Waals surface area (Å²) in [5.74, 6) is 0. The van der Waals surface area contributed by atoms with Gasteiger partial charge in [0, 0.05) is 32.2 Å². The van der Waals surface area contributed by atoms with Gasteiger partial charge in [0.2, 0.25) is 10.0 Å². The van der Waals surface area contributed by atoms with Gasteiger partial charge in [-0.1, -0.05) is 6.42 Å². The maximum atomic E-state index is 12.9. The molecule has 1 saturated carbocycles. The van der Waals surface area contributed by atoms with Crippen molar-refractivity contribution in [1.82, 2.24) is 4.31 Å². The highest BCUT2D eigenvalue weighted by Crippen LogP contribution is 2.53. The van der Waals surface area contributed by atoms with E-state index >= 15 is 0 Å². The average molecular weight is 379 g/mol. The van der Waals surface area contributed by atoms with Crippen LogP contribution in [0.4, 0.5) is 11.4 Å². The second-order valence-corrected chi connectivity index (χ2v) is 9.84. The van der Waals surface area contributed by atoms with Crippen LogP contribution < -0.4 is 4.90 Å². The van der Waals surface area contributed by atoms with Crippen molar-refractivity contribution in [3.8, 4) is 0 Å². The van der Waals surface area contributed by atoms with Crippen LogP contribution in [0, 0.1) is 15.5 Å². The Labute approximate surface area is 154 Å². The predicted molar refractivity (Wildman–Crippen MR) is 98.8 cm³/mol. The number of nitro benzene ring substituents is 1. The molecular weight excluding hydrogens is 354 g/mol. The molecule has 1 spiro atoms. The fourth-order valence-electron chi connectivity index (χ4n) is 4.33. The Morgan fingerprint density at radius 2 is 1.73 bits per heavy atom. The highest BCUT2D eigenvalue weighted by atomic mass is 32.2. The first-order valence-corrected chi connectivity index (χ1v) is 10.9. The third-order valence-corrected chi connectivity index (χ3v) is 7.95. The standard InChI is InChI=1S/C18H25N3O4S/c22-21(23)17-13-15(26(24,25)20-11-2-1-3-12-20)5-6-16(17)19-10-4-7-18(14-19)8-9-18/h5-6,13H,1-4,7-12,14H2. The van der Waals surface area contributed by atoms with Crippen LogP contribution in [0.15, 0.2) is 23.1 Å². The Morgan fingerprint density at radius 1 is 1.00 bits per heavy atom. The number of nitro groups is 1. The Bertz CT molecular complexity index is 814. The van der Waals surface area contributed by atoms with E-state index in [1.807, 2.05) is 0 Å². The first-order chi connectivity index (χ1) is 12.4. The lowest BCUT2D eigenvalue weighted by Crippen LogP contribution is -2.37. The van der Waals surface area contributed by atoms with Crippen LogP contribution in [0.3, 0.4) is 0 Å². The third-order valence-electron chi connectivity index (χ3n) is 6.06. The van der Waals surface area contributed by atoms with E-state index in [1.165, 1.54) is 29.6 Å². The molecule has 26 heavy (non-hydrogen) atoms. The first-order valence-electron chi connectivity index (χ1n) is 9.45. The van der Waals surface area contributed by atoms with Gasteiger partial charge in [0.25, 0.3) is 5.69 Å². The number of sulfonamides is 1. The number of piperidine rings is 2. The summed E-state index contributed by atoms with van der Waals surface area (Å²) in [6, 6.07) is 4.43. The van der Waals surface area contributed by atoms with Gasteiger partial charge in [0.1, 0.15) is 5.69 Å². The zero-order valence-corrected chi connectivity index (χ0v) is 15.7. The van der Waals surface area contributed by atoms with Crippen molar-refractivity contribution in [3.05, 3.63) is 28.3 Å². The minimum absolute atomic E-state index is 0.0352. The monoisotopic (exact) mass is 379 g/mol. The van der Waals surface area contributed by atoms with Crippen molar-refractivity contribution in [2.75, 3.05) is 31.1 Å². The number of benzene rings is 1. The highest BCUT2D eigenvalue weighted by molar-refractivity contribution is 7.89. The fourth-order valence-corrected chi connectivity index (χ4v) is 5.87. The van der Waals surface area contributed by atoms with Crippen LogP contribution in [0.25, 0.3) is 0 Å². The van der Waals surface area contributed by atoms with E-state index in [1.54, 1.807) is 12.1 Å². The Morgan fingerprint density at radius 3 is 2.38 bits per heavy atom. The molecule has 0 unspecified atom stereocenters. The molecule has 0 atom stereocenters. The lowest BCUT2D eigenvalue weighted by Gasteiger charge is -2.34. The molecule has 1 aromatic carbocycles. The summed E-state index contributed by atoms with van der Waals surface area (Å²) >= 11 is 0. The molecule has 3 aliphatic rings. The van der Waals surface area contributed by atoms with Gasteiger partial charge in [-0.3, -0.25) is 10.1 Å². The third kappa shape index (κ3) is 3.20.